The first-order valence-corrected chi connectivity index (χ1v) is 8.17. The summed E-state index contributed by atoms with van der Waals surface area (Å²) >= 11 is 0. The Morgan fingerprint density at radius 2 is 1.95 bits per heavy atom. The Morgan fingerprint density at radius 3 is 2.65 bits per heavy atom. The summed E-state index contributed by atoms with van der Waals surface area (Å²) in [5.74, 6) is 1.59. The van der Waals surface area contributed by atoms with Gasteiger partial charge in [0.15, 0.2) is 0 Å². The van der Waals surface area contributed by atoms with E-state index in [-0.39, 0.29) is 6.10 Å². The molecule has 0 radical (unpaired) electrons. The first-order chi connectivity index (χ1) is 9.59. The van der Waals surface area contributed by atoms with Gasteiger partial charge in [-0.15, -0.1) is 0 Å². The van der Waals surface area contributed by atoms with E-state index in [0.29, 0.717) is 26.4 Å². The van der Waals surface area contributed by atoms with Crippen molar-refractivity contribution in [2.45, 2.75) is 58.7 Å². The summed E-state index contributed by atoms with van der Waals surface area (Å²) in [6, 6.07) is 0. The molecule has 0 spiro atoms. The molecule has 3 unspecified atom stereocenters. The molecule has 1 fully saturated rings. The maximum absolute atomic E-state index is 9.82. The lowest BCUT2D eigenvalue weighted by atomic mass is 9.80. The standard InChI is InChI=1S/C16H33NO3/c1-13(2)20-9-8-19-12-16(18)11-17-10-15-7-5-4-6-14(15)3/h13-18H,4-12H2,1-3H3. The molecule has 1 aliphatic carbocycles. The largest absolute Gasteiger partial charge is 0.389 e. The van der Waals surface area contributed by atoms with Crippen LogP contribution < -0.4 is 5.32 Å². The molecule has 4 nitrogen and oxygen atoms in total. The molecule has 1 aliphatic rings. The molecule has 3 atom stereocenters. The van der Waals surface area contributed by atoms with Gasteiger partial charge in [-0.1, -0.05) is 26.2 Å². The molecular formula is C16H33NO3. The molecule has 1 rings (SSSR count). The van der Waals surface area contributed by atoms with E-state index in [0.717, 1.165) is 18.4 Å². The van der Waals surface area contributed by atoms with Gasteiger partial charge in [0.05, 0.1) is 32.0 Å². The molecule has 0 aromatic heterocycles. The number of hydrogen-bond acceptors (Lipinski definition) is 4. The summed E-state index contributed by atoms with van der Waals surface area (Å²) in [6.45, 7) is 9.53. The van der Waals surface area contributed by atoms with E-state index in [9.17, 15) is 5.11 Å². The second kappa shape index (κ2) is 10.6. The third-order valence-corrected chi connectivity index (χ3v) is 4.06. The number of aliphatic hydroxyl groups excluding tert-OH is 1. The molecule has 1 saturated carbocycles. The van der Waals surface area contributed by atoms with E-state index in [1.807, 2.05) is 13.8 Å². The molecule has 0 aromatic carbocycles. The van der Waals surface area contributed by atoms with Gasteiger partial charge in [0.1, 0.15) is 0 Å². The van der Waals surface area contributed by atoms with Gasteiger partial charge in [-0.05, 0) is 38.6 Å². The van der Waals surface area contributed by atoms with Crippen molar-refractivity contribution in [2.24, 2.45) is 11.8 Å². The quantitative estimate of drug-likeness (QED) is 0.605. The zero-order valence-corrected chi connectivity index (χ0v) is 13.4. The van der Waals surface area contributed by atoms with E-state index in [2.05, 4.69) is 12.2 Å². The van der Waals surface area contributed by atoms with Gasteiger partial charge in [-0.3, -0.25) is 0 Å². The van der Waals surface area contributed by atoms with E-state index in [1.54, 1.807) is 0 Å². The van der Waals surface area contributed by atoms with Gasteiger partial charge in [-0.25, -0.2) is 0 Å². The number of aliphatic hydroxyl groups is 1. The van der Waals surface area contributed by atoms with E-state index in [4.69, 9.17) is 9.47 Å². The zero-order chi connectivity index (χ0) is 14.8. The molecule has 0 saturated heterocycles. The van der Waals surface area contributed by atoms with Gasteiger partial charge < -0.3 is 19.9 Å². The number of ether oxygens (including phenoxy) is 2. The molecule has 0 aliphatic heterocycles. The van der Waals surface area contributed by atoms with Crippen LogP contribution >= 0.6 is 0 Å². The lowest BCUT2D eigenvalue weighted by Gasteiger charge is -2.29. The van der Waals surface area contributed by atoms with E-state index >= 15 is 0 Å². The molecule has 4 heteroatoms. The number of hydrogen-bond donors (Lipinski definition) is 2. The molecule has 0 bridgehead atoms. The van der Waals surface area contributed by atoms with E-state index in [1.165, 1.54) is 25.7 Å². The predicted octanol–water partition coefficient (Wildman–Crippen LogP) is 2.20. The second-order valence-electron chi connectivity index (χ2n) is 6.33. The molecule has 0 amide bonds. The summed E-state index contributed by atoms with van der Waals surface area (Å²) in [4.78, 5) is 0. The fourth-order valence-electron chi connectivity index (χ4n) is 2.75. The molecule has 120 valence electrons. The maximum atomic E-state index is 9.82. The Bertz CT molecular complexity index is 236. The first kappa shape index (κ1) is 17.9. The topological polar surface area (TPSA) is 50.7 Å². The average molecular weight is 287 g/mol. The van der Waals surface area contributed by atoms with Gasteiger partial charge in [0.25, 0.3) is 0 Å². The van der Waals surface area contributed by atoms with Crippen LogP contribution in [0.5, 0.6) is 0 Å². The predicted molar refractivity (Wildman–Crippen MR) is 81.9 cm³/mol. The Hall–Kier alpha value is -0.160. The Morgan fingerprint density at radius 1 is 1.20 bits per heavy atom. The Kier molecular flexibility index (Phi) is 9.44. The third-order valence-electron chi connectivity index (χ3n) is 4.06. The third kappa shape index (κ3) is 8.20. The SMILES string of the molecule is CC(C)OCCOCC(O)CNCC1CCCCC1C. The highest BCUT2D eigenvalue weighted by atomic mass is 16.5. The lowest BCUT2D eigenvalue weighted by Crippen LogP contribution is -2.36. The van der Waals surface area contributed by atoms with Crippen LogP contribution in [0.2, 0.25) is 0 Å². The maximum Gasteiger partial charge on any atom is 0.0897 e. The molecule has 0 heterocycles. The second-order valence-corrected chi connectivity index (χ2v) is 6.33. The summed E-state index contributed by atoms with van der Waals surface area (Å²) in [7, 11) is 0. The molecular weight excluding hydrogens is 254 g/mol. The van der Waals surface area contributed by atoms with Crippen molar-refractivity contribution in [2.75, 3.05) is 32.9 Å². The highest BCUT2D eigenvalue weighted by Crippen LogP contribution is 2.28. The number of nitrogens with one attached hydrogen (secondary N) is 1. The van der Waals surface area contributed by atoms with Crippen molar-refractivity contribution >= 4 is 0 Å². The van der Waals surface area contributed by atoms with Crippen LogP contribution in [0.15, 0.2) is 0 Å². The molecule has 20 heavy (non-hydrogen) atoms. The van der Waals surface area contributed by atoms with Crippen LogP contribution in [0.1, 0.15) is 46.5 Å². The fourth-order valence-corrected chi connectivity index (χ4v) is 2.75. The summed E-state index contributed by atoms with van der Waals surface area (Å²) in [5.41, 5.74) is 0. The van der Waals surface area contributed by atoms with Crippen LogP contribution in [0.25, 0.3) is 0 Å². The van der Waals surface area contributed by atoms with Crippen LogP contribution in [0.4, 0.5) is 0 Å². The lowest BCUT2D eigenvalue weighted by molar-refractivity contribution is -0.0103. The van der Waals surface area contributed by atoms with Gasteiger partial charge in [0, 0.05) is 6.54 Å². The van der Waals surface area contributed by atoms with Crippen molar-refractivity contribution in [3.05, 3.63) is 0 Å². The smallest absolute Gasteiger partial charge is 0.0897 e. The van der Waals surface area contributed by atoms with Gasteiger partial charge >= 0.3 is 0 Å². The summed E-state index contributed by atoms with van der Waals surface area (Å²) in [5, 5.41) is 13.2. The monoisotopic (exact) mass is 287 g/mol. The first-order valence-electron chi connectivity index (χ1n) is 8.17. The van der Waals surface area contributed by atoms with Crippen molar-refractivity contribution in [3.8, 4) is 0 Å². The minimum atomic E-state index is -0.423. The zero-order valence-electron chi connectivity index (χ0n) is 13.4. The normalized spacial score (nSPS) is 25.1. The van der Waals surface area contributed by atoms with Crippen LogP contribution in [-0.4, -0.2) is 50.2 Å². The van der Waals surface area contributed by atoms with Crippen LogP contribution in [0.3, 0.4) is 0 Å². The highest BCUT2D eigenvalue weighted by molar-refractivity contribution is 4.74. The molecule has 2 N–H and O–H groups in total. The fraction of sp³-hybridized carbons (Fsp3) is 1.00. The van der Waals surface area contributed by atoms with Gasteiger partial charge in [-0.2, -0.15) is 0 Å². The van der Waals surface area contributed by atoms with Gasteiger partial charge in [0.2, 0.25) is 0 Å². The summed E-state index contributed by atoms with van der Waals surface area (Å²) < 4.78 is 10.8. The minimum absolute atomic E-state index is 0.239. The van der Waals surface area contributed by atoms with E-state index < -0.39 is 6.10 Å². The summed E-state index contributed by atoms with van der Waals surface area (Å²) in [6.07, 6.45) is 5.24. The highest BCUT2D eigenvalue weighted by Gasteiger charge is 2.20. The minimum Gasteiger partial charge on any atom is -0.389 e. The van der Waals surface area contributed by atoms with Crippen molar-refractivity contribution in [1.82, 2.24) is 5.32 Å². The Balaban J connectivity index is 1.95. The molecule has 0 aromatic rings. The number of rotatable bonds is 10. The van der Waals surface area contributed by atoms with Crippen LogP contribution in [0, 0.1) is 11.8 Å². The average Bonchev–Trinajstić information content (AvgIpc) is 2.40. The van der Waals surface area contributed by atoms with Crippen molar-refractivity contribution < 1.29 is 14.6 Å². The van der Waals surface area contributed by atoms with Crippen molar-refractivity contribution in [3.63, 3.8) is 0 Å². The van der Waals surface area contributed by atoms with Crippen molar-refractivity contribution in [1.29, 1.82) is 0 Å². The van der Waals surface area contributed by atoms with Crippen LogP contribution in [-0.2, 0) is 9.47 Å². The Labute approximate surface area is 124 Å².